The van der Waals surface area contributed by atoms with Gasteiger partial charge in [-0.25, -0.2) is 9.59 Å². The summed E-state index contributed by atoms with van der Waals surface area (Å²) >= 11 is 0. The van der Waals surface area contributed by atoms with Crippen molar-refractivity contribution < 1.29 is 61.5 Å². The van der Waals surface area contributed by atoms with E-state index in [0.29, 0.717) is 0 Å². The van der Waals surface area contributed by atoms with Crippen LogP contribution in [0.2, 0.25) is 0 Å². The molecule has 0 atom stereocenters. The van der Waals surface area contributed by atoms with E-state index in [1.807, 2.05) is 0 Å². The Morgan fingerprint density at radius 2 is 1.12 bits per heavy atom. The van der Waals surface area contributed by atoms with Crippen LogP contribution >= 0.6 is 0 Å². The number of rotatable bonds is 0. The van der Waals surface area contributed by atoms with Gasteiger partial charge in [-0.2, -0.15) is 0 Å². The van der Waals surface area contributed by atoms with Crippen LogP contribution in [-0.4, -0.2) is 59.9 Å². The quantitative estimate of drug-likeness (QED) is 0.405. The van der Waals surface area contributed by atoms with Crippen LogP contribution in [0.3, 0.4) is 0 Å². The summed E-state index contributed by atoms with van der Waals surface area (Å²) < 4.78 is 0. The van der Waals surface area contributed by atoms with Gasteiger partial charge in [0.05, 0.1) is 0 Å². The first-order chi connectivity index (χ1) is 2.64. The van der Waals surface area contributed by atoms with Gasteiger partial charge in [0.2, 0.25) is 0 Å². The molecule has 42 valence electrons. The summed E-state index contributed by atoms with van der Waals surface area (Å²) in [5.41, 5.74) is 0. The van der Waals surface area contributed by atoms with Crippen LogP contribution in [0.25, 0.3) is 0 Å². The summed E-state index contributed by atoms with van der Waals surface area (Å²) in [7, 11) is 0. The van der Waals surface area contributed by atoms with Crippen molar-refractivity contribution in [1.29, 1.82) is 0 Å². The third-order valence-corrected chi connectivity index (χ3v) is 0.183. The van der Waals surface area contributed by atoms with Crippen LogP contribution in [0.15, 0.2) is 0 Å². The molecule has 0 aliphatic heterocycles. The Morgan fingerprint density at radius 1 is 1.00 bits per heavy atom. The Kier molecular flexibility index (Phi) is 17.5. The molecule has 8 heavy (non-hydrogen) atoms. The molecule has 0 fully saturated rings. The van der Waals surface area contributed by atoms with Gasteiger partial charge in [0.1, 0.15) is 0 Å². The summed E-state index contributed by atoms with van der Waals surface area (Å²) in [5.74, 6) is -3.65. The van der Waals surface area contributed by atoms with E-state index in [1.165, 1.54) is 0 Å². The third kappa shape index (κ3) is 10.5. The van der Waals surface area contributed by atoms with Gasteiger partial charge in [-0.05, 0) is 0 Å². The maximum absolute atomic E-state index is 9.10. The fourth-order valence-electron chi connectivity index (χ4n) is 0. The van der Waals surface area contributed by atoms with Crippen LogP contribution in [0.1, 0.15) is 0 Å². The van der Waals surface area contributed by atoms with Gasteiger partial charge in [0, 0.05) is 41.7 Å². The van der Waals surface area contributed by atoms with Crippen LogP contribution < -0.4 is 0 Å². The number of carboxylic acids is 2. The Bertz CT molecular complexity index is 80.0. The second kappa shape index (κ2) is 8.58. The molecule has 0 unspecified atom stereocenters. The van der Waals surface area contributed by atoms with Gasteiger partial charge in [0.25, 0.3) is 0 Å². The summed E-state index contributed by atoms with van der Waals surface area (Å²) in [6, 6.07) is 0. The van der Waals surface area contributed by atoms with Gasteiger partial charge in [0.15, 0.2) is 0 Å². The molecule has 0 heterocycles. The third-order valence-electron chi connectivity index (χ3n) is 0.183. The summed E-state index contributed by atoms with van der Waals surface area (Å²) in [6.45, 7) is 0. The first-order valence-electron chi connectivity index (χ1n) is 1.11. The number of carboxylic acid groups (broad SMARTS) is 2. The molecular weight excluding hydrogens is 268 g/mol. The minimum absolute atomic E-state index is 0. The maximum atomic E-state index is 9.10. The van der Waals surface area contributed by atoms with Crippen molar-refractivity contribution in [2.24, 2.45) is 0 Å². The topological polar surface area (TPSA) is 74.6 Å². The smallest absolute Gasteiger partial charge is 0 e. The van der Waals surface area contributed by atoms with Gasteiger partial charge < -0.3 is 10.2 Å². The Labute approximate surface area is 109 Å². The maximum Gasteiger partial charge on any atom is 0 e. The molecule has 4 nitrogen and oxygen atoms in total. The standard InChI is InChI=1S/C2H2O4.Ca.Ce.2H/c3-1(4)2(5)6;;;;/h(H,3,4)(H,5,6);;;;. The second-order valence-electron chi connectivity index (χ2n) is 0.610. The van der Waals surface area contributed by atoms with Gasteiger partial charge in [-0.15, -0.1) is 0 Å². The van der Waals surface area contributed by atoms with Crippen molar-refractivity contribution in [3.63, 3.8) is 0 Å². The zero-order valence-electron chi connectivity index (χ0n) is 3.21. The van der Waals surface area contributed by atoms with Crippen molar-refractivity contribution in [2.45, 2.75) is 0 Å². The van der Waals surface area contributed by atoms with Crippen LogP contribution in [0, 0.1) is 41.7 Å². The van der Waals surface area contributed by atoms with E-state index >= 15 is 0 Å². The first kappa shape index (κ1) is 16.3. The molecule has 0 aliphatic rings. The molecule has 0 spiro atoms. The zero-order chi connectivity index (χ0) is 5.15. The van der Waals surface area contributed by atoms with E-state index < -0.39 is 11.9 Å². The molecule has 6 heteroatoms. The molecule has 0 saturated carbocycles. The van der Waals surface area contributed by atoms with Crippen molar-refractivity contribution >= 4 is 49.7 Å². The monoisotopic (exact) mass is 272 g/mol. The average molecular weight is 272 g/mol. The van der Waals surface area contributed by atoms with Crippen LogP contribution in [0.5, 0.6) is 0 Å². The molecule has 0 amide bonds. The molecule has 0 aromatic carbocycles. The number of aliphatic carboxylic acids is 2. The molecule has 2 N–H and O–H groups in total. The van der Waals surface area contributed by atoms with Crippen molar-refractivity contribution in [3.05, 3.63) is 0 Å². The van der Waals surface area contributed by atoms with E-state index in [0.717, 1.165) is 0 Å². The number of carbonyl (C=O) groups is 2. The molecule has 0 aromatic heterocycles. The van der Waals surface area contributed by atoms with E-state index in [2.05, 4.69) is 0 Å². The fourth-order valence-corrected chi connectivity index (χ4v) is 0. The van der Waals surface area contributed by atoms with Crippen LogP contribution in [-0.2, 0) is 9.59 Å². The average Bonchev–Trinajstić information content (AvgIpc) is 1.36. The summed E-state index contributed by atoms with van der Waals surface area (Å²) in [4.78, 5) is 18.2. The molecular formula is C2H4CaCeO4. The van der Waals surface area contributed by atoms with Gasteiger partial charge in [-0.3, -0.25) is 0 Å². The SMILES string of the molecule is O=C(O)C(=O)O.[CaH2].[Ce]. The van der Waals surface area contributed by atoms with E-state index in [9.17, 15) is 0 Å². The minimum Gasteiger partial charge on any atom is 0 e. The predicted octanol–water partition coefficient (Wildman–Crippen LogP) is -1.76. The number of hydrogen-bond acceptors (Lipinski definition) is 2. The fraction of sp³-hybridized carbons (Fsp3) is 0. The largest absolute Gasteiger partial charge is 0 e. The Morgan fingerprint density at radius 3 is 1.12 bits per heavy atom. The predicted molar refractivity (Wildman–Crippen MR) is 23.8 cm³/mol. The summed E-state index contributed by atoms with van der Waals surface area (Å²) in [5, 5.41) is 14.8. The van der Waals surface area contributed by atoms with Crippen molar-refractivity contribution in [1.82, 2.24) is 0 Å². The molecule has 0 radical (unpaired) electrons. The zero-order valence-corrected chi connectivity index (χ0v) is 6.35. The molecule has 0 bridgehead atoms. The van der Waals surface area contributed by atoms with Crippen molar-refractivity contribution in [2.75, 3.05) is 0 Å². The van der Waals surface area contributed by atoms with Gasteiger partial charge >= 0.3 is 49.7 Å². The Hall–Kier alpha value is 1.58. The Balaban J connectivity index is -0.000000125. The van der Waals surface area contributed by atoms with Gasteiger partial charge in [-0.1, -0.05) is 0 Å². The molecule has 0 aromatic rings. The van der Waals surface area contributed by atoms with Crippen molar-refractivity contribution in [3.8, 4) is 0 Å². The second-order valence-corrected chi connectivity index (χ2v) is 0.610. The van der Waals surface area contributed by atoms with E-state index in [1.54, 1.807) is 0 Å². The number of hydrogen-bond donors (Lipinski definition) is 2. The molecule has 0 rings (SSSR count). The minimum atomic E-state index is -1.82. The first-order valence-corrected chi connectivity index (χ1v) is 1.11. The van der Waals surface area contributed by atoms with E-state index in [-0.39, 0.29) is 79.5 Å². The summed E-state index contributed by atoms with van der Waals surface area (Å²) in [6.07, 6.45) is 0. The molecule has 0 aliphatic carbocycles. The normalized spacial score (nSPS) is 5.50. The van der Waals surface area contributed by atoms with Crippen LogP contribution in [0.4, 0.5) is 0 Å². The molecule has 0 saturated heterocycles. The van der Waals surface area contributed by atoms with E-state index in [4.69, 9.17) is 19.8 Å².